The van der Waals surface area contributed by atoms with Crippen LogP contribution in [0.25, 0.3) is 0 Å². The van der Waals surface area contributed by atoms with E-state index in [2.05, 4.69) is 0 Å². The van der Waals surface area contributed by atoms with Crippen LogP contribution in [0.3, 0.4) is 0 Å². The van der Waals surface area contributed by atoms with Crippen LogP contribution in [0.4, 0.5) is 0 Å². The lowest BCUT2D eigenvalue weighted by atomic mass is 10.0. The average molecular weight is 219 g/mol. The van der Waals surface area contributed by atoms with Gasteiger partial charge in [0.25, 0.3) is 5.91 Å². The largest absolute Gasteiger partial charge is 0.336 e. The van der Waals surface area contributed by atoms with E-state index in [0.29, 0.717) is 0 Å². The number of nitrogens with zero attached hydrogens (tertiary/aromatic N) is 1. The maximum atomic E-state index is 12.3. The molecule has 16 heavy (non-hydrogen) atoms. The van der Waals surface area contributed by atoms with E-state index >= 15 is 0 Å². The van der Waals surface area contributed by atoms with Gasteiger partial charge < -0.3 is 4.90 Å². The maximum Gasteiger partial charge on any atom is 0.254 e. The van der Waals surface area contributed by atoms with Crippen molar-refractivity contribution >= 4 is 5.91 Å². The predicted molar refractivity (Wildman–Crippen MR) is 67.8 cm³/mol. The zero-order valence-electron chi connectivity index (χ0n) is 10.9. The summed E-state index contributed by atoms with van der Waals surface area (Å²) >= 11 is 0. The molecule has 0 aromatic heterocycles. The molecule has 0 bridgehead atoms. The summed E-state index contributed by atoms with van der Waals surface area (Å²) in [5.74, 6) is 0.138. The second-order valence-corrected chi connectivity index (χ2v) is 4.50. The fourth-order valence-corrected chi connectivity index (χ4v) is 1.86. The van der Waals surface area contributed by atoms with E-state index in [1.807, 2.05) is 57.7 Å². The van der Waals surface area contributed by atoms with Crippen molar-refractivity contribution in [2.24, 2.45) is 0 Å². The summed E-state index contributed by atoms with van der Waals surface area (Å²) in [5, 5.41) is 0. The van der Waals surface area contributed by atoms with E-state index in [9.17, 15) is 4.79 Å². The van der Waals surface area contributed by atoms with E-state index in [0.717, 1.165) is 23.2 Å². The zero-order valence-corrected chi connectivity index (χ0v) is 10.9. The first-order chi connectivity index (χ1) is 7.47. The molecule has 88 valence electrons. The molecule has 0 fully saturated rings. The molecule has 1 rings (SSSR count). The molecule has 1 aromatic carbocycles. The molecular formula is C14H21NO. The standard InChI is InChI=1S/C14H21NO/c1-6-15(10(2)3)14(16)13-9-11(4)7-8-12(13)5/h7-10H,6H2,1-5H3. The lowest BCUT2D eigenvalue weighted by Gasteiger charge is -2.26. The van der Waals surface area contributed by atoms with E-state index in [1.54, 1.807) is 0 Å². The van der Waals surface area contributed by atoms with Gasteiger partial charge in [-0.15, -0.1) is 0 Å². The number of rotatable bonds is 3. The third-order valence-corrected chi connectivity index (χ3v) is 2.85. The van der Waals surface area contributed by atoms with Gasteiger partial charge in [-0.2, -0.15) is 0 Å². The van der Waals surface area contributed by atoms with Crippen LogP contribution < -0.4 is 0 Å². The molecule has 0 aliphatic heterocycles. The second-order valence-electron chi connectivity index (χ2n) is 4.50. The molecule has 1 amide bonds. The SMILES string of the molecule is CCN(C(=O)c1cc(C)ccc1C)C(C)C. The van der Waals surface area contributed by atoms with Crippen LogP contribution in [0.15, 0.2) is 18.2 Å². The van der Waals surface area contributed by atoms with Crippen LogP contribution in [0, 0.1) is 13.8 Å². The molecule has 0 atom stereocenters. The average Bonchev–Trinajstić information content (AvgIpc) is 2.22. The van der Waals surface area contributed by atoms with E-state index < -0.39 is 0 Å². The second kappa shape index (κ2) is 5.15. The monoisotopic (exact) mass is 219 g/mol. The Balaban J connectivity index is 3.08. The van der Waals surface area contributed by atoms with Gasteiger partial charge in [-0.1, -0.05) is 17.7 Å². The van der Waals surface area contributed by atoms with E-state index in [-0.39, 0.29) is 11.9 Å². The molecule has 0 unspecified atom stereocenters. The molecule has 0 aliphatic rings. The van der Waals surface area contributed by atoms with Crippen molar-refractivity contribution < 1.29 is 4.79 Å². The number of amides is 1. The third kappa shape index (κ3) is 2.63. The normalized spacial score (nSPS) is 10.6. The fraction of sp³-hybridized carbons (Fsp3) is 0.500. The minimum Gasteiger partial charge on any atom is -0.336 e. The smallest absolute Gasteiger partial charge is 0.254 e. The van der Waals surface area contributed by atoms with Gasteiger partial charge in [-0.05, 0) is 46.2 Å². The summed E-state index contributed by atoms with van der Waals surface area (Å²) in [6.45, 7) is 10.9. The molecule has 0 N–H and O–H groups in total. The van der Waals surface area contributed by atoms with Crippen molar-refractivity contribution in [3.05, 3.63) is 34.9 Å². The molecule has 0 aliphatic carbocycles. The fourth-order valence-electron chi connectivity index (χ4n) is 1.86. The van der Waals surface area contributed by atoms with Crippen molar-refractivity contribution in [2.45, 2.75) is 40.7 Å². The van der Waals surface area contributed by atoms with Gasteiger partial charge in [-0.25, -0.2) is 0 Å². The Kier molecular flexibility index (Phi) is 4.11. The number of carbonyl (C=O) groups excluding carboxylic acids is 1. The highest BCUT2D eigenvalue weighted by atomic mass is 16.2. The zero-order chi connectivity index (χ0) is 12.3. The highest BCUT2D eigenvalue weighted by Crippen LogP contribution is 2.14. The first-order valence-corrected chi connectivity index (χ1v) is 5.85. The lowest BCUT2D eigenvalue weighted by Crippen LogP contribution is -2.37. The summed E-state index contributed by atoms with van der Waals surface area (Å²) in [5.41, 5.74) is 3.01. The van der Waals surface area contributed by atoms with Crippen LogP contribution in [0.2, 0.25) is 0 Å². The summed E-state index contributed by atoms with van der Waals surface area (Å²) in [7, 11) is 0. The van der Waals surface area contributed by atoms with Crippen LogP contribution in [-0.2, 0) is 0 Å². The first kappa shape index (κ1) is 12.8. The highest BCUT2D eigenvalue weighted by Gasteiger charge is 2.18. The summed E-state index contributed by atoms with van der Waals surface area (Å²) in [6.07, 6.45) is 0. The molecule has 0 saturated carbocycles. The van der Waals surface area contributed by atoms with Gasteiger partial charge in [-0.3, -0.25) is 4.79 Å². The summed E-state index contributed by atoms with van der Waals surface area (Å²) in [4.78, 5) is 14.2. The molecule has 0 heterocycles. The van der Waals surface area contributed by atoms with E-state index in [4.69, 9.17) is 0 Å². The molecule has 2 nitrogen and oxygen atoms in total. The maximum absolute atomic E-state index is 12.3. The van der Waals surface area contributed by atoms with Gasteiger partial charge in [0.1, 0.15) is 0 Å². The van der Waals surface area contributed by atoms with E-state index in [1.165, 1.54) is 0 Å². The lowest BCUT2D eigenvalue weighted by molar-refractivity contribution is 0.0716. The van der Waals surface area contributed by atoms with Crippen molar-refractivity contribution in [3.63, 3.8) is 0 Å². The van der Waals surface area contributed by atoms with Crippen LogP contribution in [0.5, 0.6) is 0 Å². The first-order valence-electron chi connectivity index (χ1n) is 5.85. The summed E-state index contributed by atoms with van der Waals surface area (Å²) < 4.78 is 0. The van der Waals surface area contributed by atoms with Gasteiger partial charge in [0.15, 0.2) is 0 Å². The van der Waals surface area contributed by atoms with Crippen molar-refractivity contribution in [1.82, 2.24) is 4.90 Å². The Bertz CT molecular complexity index is 382. The van der Waals surface area contributed by atoms with Crippen molar-refractivity contribution in [1.29, 1.82) is 0 Å². The Hall–Kier alpha value is -1.31. The summed E-state index contributed by atoms with van der Waals surface area (Å²) in [6, 6.07) is 6.27. The molecule has 0 spiro atoms. The topological polar surface area (TPSA) is 20.3 Å². The Morgan fingerprint density at radius 1 is 1.31 bits per heavy atom. The van der Waals surface area contributed by atoms with Crippen LogP contribution in [0.1, 0.15) is 42.3 Å². The van der Waals surface area contributed by atoms with Gasteiger partial charge in [0.05, 0.1) is 0 Å². The van der Waals surface area contributed by atoms with Gasteiger partial charge in [0, 0.05) is 18.2 Å². The van der Waals surface area contributed by atoms with Gasteiger partial charge in [0.2, 0.25) is 0 Å². The number of aryl methyl sites for hydroxylation is 2. The Morgan fingerprint density at radius 3 is 2.44 bits per heavy atom. The van der Waals surface area contributed by atoms with Crippen molar-refractivity contribution in [2.75, 3.05) is 6.54 Å². The third-order valence-electron chi connectivity index (χ3n) is 2.85. The number of carbonyl (C=O) groups is 1. The molecule has 1 aromatic rings. The highest BCUT2D eigenvalue weighted by molar-refractivity contribution is 5.96. The number of hydrogen-bond donors (Lipinski definition) is 0. The van der Waals surface area contributed by atoms with Crippen molar-refractivity contribution in [3.8, 4) is 0 Å². The van der Waals surface area contributed by atoms with Crippen LogP contribution >= 0.6 is 0 Å². The van der Waals surface area contributed by atoms with Crippen LogP contribution in [-0.4, -0.2) is 23.4 Å². The number of benzene rings is 1. The number of hydrogen-bond acceptors (Lipinski definition) is 1. The van der Waals surface area contributed by atoms with Gasteiger partial charge >= 0.3 is 0 Å². The molecule has 2 heteroatoms. The quantitative estimate of drug-likeness (QED) is 0.764. The molecule has 0 radical (unpaired) electrons. The minimum absolute atomic E-state index is 0.138. The Morgan fingerprint density at radius 2 is 1.94 bits per heavy atom. The Labute approximate surface area is 98.3 Å². The predicted octanol–water partition coefficient (Wildman–Crippen LogP) is 3.17. The molecule has 0 saturated heterocycles. The minimum atomic E-state index is 0.138. The molecular weight excluding hydrogens is 198 g/mol.